The fourth-order valence-corrected chi connectivity index (χ4v) is 5.10. The molecule has 1 saturated heterocycles. The molecule has 0 bridgehead atoms. The van der Waals surface area contributed by atoms with Crippen LogP contribution in [0.3, 0.4) is 0 Å². The standard InChI is InChI=1S/C21H21IN6O2/c1-12-3-2-4-13-9-15(28(21(29)16(12)13)14-5-7-30-8-6-14)10-27-20-17(18(22)26-27)19(23)24-11-25-20/h2-4,9,11,14H,5-8,10H2,1H3,(H2,23,24,25). The van der Waals surface area contributed by atoms with Gasteiger partial charge in [0.1, 0.15) is 15.8 Å². The Morgan fingerprint density at radius 1 is 1.23 bits per heavy atom. The summed E-state index contributed by atoms with van der Waals surface area (Å²) in [7, 11) is 0. The smallest absolute Gasteiger partial charge is 0.259 e. The molecule has 0 atom stereocenters. The van der Waals surface area contributed by atoms with E-state index in [1.54, 1.807) is 4.68 Å². The van der Waals surface area contributed by atoms with Crippen molar-refractivity contribution in [2.75, 3.05) is 18.9 Å². The maximum atomic E-state index is 13.6. The molecule has 1 aromatic carbocycles. The second kappa shape index (κ2) is 7.62. The summed E-state index contributed by atoms with van der Waals surface area (Å²) in [6, 6.07) is 8.17. The summed E-state index contributed by atoms with van der Waals surface area (Å²) in [5, 5.41) is 7.11. The lowest BCUT2D eigenvalue weighted by Gasteiger charge is -2.27. The van der Waals surface area contributed by atoms with Gasteiger partial charge in [0.15, 0.2) is 5.65 Å². The van der Waals surface area contributed by atoms with Crippen molar-refractivity contribution in [3.05, 3.63) is 55.9 Å². The average molecular weight is 516 g/mol. The van der Waals surface area contributed by atoms with Gasteiger partial charge >= 0.3 is 0 Å². The maximum Gasteiger partial charge on any atom is 0.259 e. The van der Waals surface area contributed by atoms with Gasteiger partial charge in [-0.3, -0.25) is 4.79 Å². The lowest BCUT2D eigenvalue weighted by atomic mass is 10.0. The van der Waals surface area contributed by atoms with Crippen LogP contribution in [0.5, 0.6) is 0 Å². The maximum absolute atomic E-state index is 13.6. The van der Waals surface area contributed by atoms with E-state index in [2.05, 4.69) is 43.7 Å². The number of aromatic nitrogens is 5. The van der Waals surface area contributed by atoms with Crippen LogP contribution >= 0.6 is 22.6 Å². The number of halogens is 1. The van der Waals surface area contributed by atoms with Crippen molar-refractivity contribution in [1.82, 2.24) is 24.3 Å². The molecule has 4 aromatic rings. The predicted molar refractivity (Wildman–Crippen MR) is 124 cm³/mol. The quantitative estimate of drug-likeness (QED) is 0.421. The summed E-state index contributed by atoms with van der Waals surface area (Å²) in [5.41, 5.74) is 8.66. The third-order valence-corrected chi connectivity index (χ3v) is 6.51. The number of fused-ring (bicyclic) bond motifs is 2. The number of hydrogen-bond acceptors (Lipinski definition) is 6. The Morgan fingerprint density at radius 2 is 2.03 bits per heavy atom. The van der Waals surface area contributed by atoms with Crippen LogP contribution in [0.25, 0.3) is 21.8 Å². The molecule has 5 rings (SSSR count). The van der Waals surface area contributed by atoms with E-state index in [0.29, 0.717) is 31.2 Å². The summed E-state index contributed by atoms with van der Waals surface area (Å²) in [6.45, 7) is 3.73. The molecule has 0 saturated carbocycles. The molecule has 154 valence electrons. The second-order valence-electron chi connectivity index (χ2n) is 7.60. The molecule has 0 aliphatic carbocycles. The van der Waals surface area contributed by atoms with Crippen molar-refractivity contribution in [2.24, 2.45) is 0 Å². The molecule has 1 aliphatic heterocycles. The fourth-order valence-electron chi connectivity index (χ4n) is 4.32. The molecular weight excluding hydrogens is 495 g/mol. The van der Waals surface area contributed by atoms with Gasteiger partial charge in [0, 0.05) is 24.9 Å². The first kappa shape index (κ1) is 19.4. The van der Waals surface area contributed by atoms with Crippen LogP contribution in [0.4, 0.5) is 5.82 Å². The van der Waals surface area contributed by atoms with Gasteiger partial charge in [-0.15, -0.1) is 0 Å². The van der Waals surface area contributed by atoms with Crippen molar-refractivity contribution in [3.8, 4) is 0 Å². The van der Waals surface area contributed by atoms with Crippen LogP contribution in [0.2, 0.25) is 0 Å². The second-order valence-corrected chi connectivity index (χ2v) is 8.62. The van der Waals surface area contributed by atoms with E-state index in [0.717, 1.165) is 44.0 Å². The van der Waals surface area contributed by atoms with E-state index in [-0.39, 0.29) is 11.6 Å². The first-order valence-electron chi connectivity index (χ1n) is 9.88. The highest BCUT2D eigenvalue weighted by molar-refractivity contribution is 14.1. The van der Waals surface area contributed by atoms with Crippen LogP contribution < -0.4 is 11.3 Å². The van der Waals surface area contributed by atoms with Crippen molar-refractivity contribution in [2.45, 2.75) is 32.4 Å². The van der Waals surface area contributed by atoms with Gasteiger partial charge in [-0.2, -0.15) is 5.10 Å². The van der Waals surface area contributed by atoms with Gasteiger partial charge in [0.2, 0.25) is 0 Å². The minimum atomic E-state index is 0.0489. The van der Waals surface area contributed by atoms with E-state index in [9.17, 15) is 4.79 Å². The van der Waals surface area contributed by atoms with Crippen LogP contribution in [0.15, 0.2) is 35.4 Å². The number of hydrogen-bond donors (Lipinski definition) is 1. The predicted octanol–water partition coefficient (Wildman–Crippen LogP) is 3.04. The topological polar surface area (TPSA) is 101 Å². The summed E-state index contributed by atoms with van der Waals surface area (Å²) in [5.74, 6) is 0.409. The van der Waals surface area contributed by atoms with E-state index >= 15 is 0 Å². The number of nitrogens with zero attached hydrogens (tertiary/aromatic N) is 5. The monoisotopic (exact) mass is 516 g/mol. The summed E-state index contributed by atoms with van der Waals surface area (Å²) in [4.78, 5) is 22.1. The Hall–Kier alpha value is -2.53. The number of anilines is 1. The van der Waals surface area contributed by atoms with Gasteiger partial charge in [-0.1, -0.05) is 18.2 Å². The molecular formula is C21H21IN6O2. The molecule has 1 aliphatic rings. The third-order valence-electron chi connectivity index (χ3n) is 5.75. The number of pyridine rings is 1. The molecule has 1 fully saturated rings. The zero-order chi connectivity index (χ0) is 20.8. The highest BCUT2D eigenvalue weighted by Crippen LogP contribution is 2.27. The van der Waals surface area contributed by atoms with Gasteiger partial charge in [-0.25, -0.2) is 14.6 Å². The van der Waals surface area contributed by atoms with E-state index in [4.69, 9.17) is 10.5 Å². The summed E-state index contributed by atoms with van der Waals surface area (Å²) >= 11 is 2.15. The van der Waals surface area contributed by atoms with Gasteiger partial charge in [0.25, 0.3) is 5.56 Å². The lowest BCUT2D eigenvalue weighted by Crippen LogP contribution is -2.32. The molecule has 4 heterocycles. The number of aryl methyl sites for hydroxylation is 1. The summed E-state index contributed by atoms with van der Waals surface area (Å²) in [6.07, 6.45) is 3.08. The number of ether oxygens (including phenoxy) is 1. The van der Waals surface area contributed by atoms with Crippen molar-refractivity contribution >= 4 is 50.2 Å². The fraction of sp³-hybridized carbons (Fsp3) is 0.333. The molecule has 30 heavy (non-hydrogen) atoms. The molecule has 0 unspecified atom stereocenters. The highest BCUT2D eigenvalue weighted by atomic mass is 127. The Morgan fingerprint density at radius 3 is 2.83 bits per heavy atom. The third kappa shape index (κ3) is 3.16. The van der Waals surface area contributed by atoms with Crippen LogP contribution in [0.1, 0.15) is 30.1 Å². The minimum absolute atomic E-state index is 0.0489. The van der Waals surface area contributed by atoms with E-state index < -0.39 is 0 Å². The first-order chi connectivity index (χ1) is 14.5. The molecule has 0 radical (unpaired) electrons. The normalized spacial score (nSPS) is 15.3. The Labute approximate surface area is 186 Å². The van der Waals surface area contributed by atoms with Gasteiger partial charge < -0.3 is 15.0 Å². The number of rotatable bonds is 3. The van der Waals surface area contributed by atoms with Crippen LogP contribution in [0, 0.1) is 10.6 Å². The van der Waals surface area contributed by atoms with Crippen LogP contribution in [-0.4, -0.2) is 37.5 Å². The highest BCUT2D eigenvalue weighted by Gasteiger charge is 2.23. The van der Waals surface area contributed by atoms with Gasteiger partial charge in [-0.05, 0) is 59.4 Å². The Bertz CT molecular complexity index is 1320. The van der Waals surface area contributed by atoms with Crippen molar-refractivity contribution in [3.63, 3.8) is 0 Å². The zero-order valence-corrected chi connectivity index (χ0v) is 18.7. The largest absolute Gasteiger partial charge is 0.383 e. The van der Waals surface area contributed by atoms with Crippen LogP contribution in [-0.2, 0) is 11.3 Å². The van der Waals surface area contributed by atoms with Crippen molar-refractivity contribution < 1.29 is 4.74 Å². The molecule has 0 amide bonds. The van der Waals surface area contributed by atoms with E-state index in [1.807, 2.05) is 29.7 Å². The summed E-state index contributed by atoms with van der Waals surface area (Å²) < 4.78 is 10.0. The Balaban J connectivity index is 1.72. The molecule has 2 N–H and O–H groups in total. The number of nitrogens with two attached hydrogens (primary N) is 1. The Kier molecular flexibility index (Phi) is 4.94. The zero-order valence-electron chi connectivity index (χ0n) is 16.5. The van der Waals surface area contributed by atoms with E-state index in [1.165, 1.54) is 6.33 Å². The average Bonchev–Trinajstić information content (AvgIpc) is 3.05. The number of nitrogen functional groups attached to an aromatic ring is 1. The molecule has 3 aromatic heterocycles. The molecule has 0 spiro atoms. The molecule has 8 nitrogen and oxygen atoms in total. The molecule has 9 heteroatoms. The first-order valence-corrected chi connectivity index (χ1v) is 11.0. The minimum Gasteiger partial charge on any atom is -0.383 e. The van der Waals surface area contributed by atoms with Crippen molar-refractivity contribution in [1.29, 1.82) is 0 Å². The lowest BCUT2D eigenvalue weighted by molar-refractivity contribution is 0.0679. The number of benzene rings is 1. The van der Waals surface area contributed by atoms with Gasteiger partial charge in [0.05, 0.1) is 17.3 Å². The SMILES string of the molecule is Cc1cccc2cc(Cn3nc(I)c4c(N)ncnc43)n(C3CCOCC3)c(=O)c12.